The topological polar surface area (TPSA) is 49.9 Å². The van der Waals surface area contributed by atoms with Gasteiger partial charge < -0.3 is 14.5 Å². The van der Waals surface area contributed by atoms with E-state index in [2.05, 4.69) is 42.6 Å². The van der Waals surface area contributed by atoms with Gasteiger partial charge in [-0.1, -0.05) is 36.8 Å². The van der Waals surface area contributed by atoms with Gasteiger partial charge in [0.05, 0.1) is 6.04 Å². The van der Waals surface area contributed by atoms with E-state index in [-0.39, 0.29) is 37.0 Å². The molecule has 0 fully saturated rings. The minimum absolute atomic E-state index is 0.00626. The normalized spacial score (nSPS) is 17.0. The van der Waals surface area contributed by atoms with Crippen molar-refractivity contribution >= 4 is 23.2 Å². The number of nitrogens with zero attached hydrogens (tertiary/aromatic N) is 2. The highest BCUT2D eigenvalue weighted by atomic mass is 32.1. The molecule has 0 unspecified atom stereocenters. The van der Waals surface area contributed by atoms with Crippen LogP contribution in [0.3, 0.4) is 0 Å². The van der Waals surface area contributed by atoms with E-state index in [1.54, 1.807) is 16.2 Å². The molecule has 0 N–H and O–H groups in total. The van der Waals surface area contributed by atoms with Gasteiger partial charge in [0, 0.05) is 24.6 Å². The number of carbonyl (C=O) groups excluding carboxylic acids is 2. The van der Waals surface area contributed by atoms with Crippen LogP contribution in [0.25, 0.3) is 0 Å². The molecule has 156 valence electrons. The fourth-order valence-corrected chi connectivity index (χ4v) is 4.75. The van der Waals surface area contributed by atoms with E-state index in [1.165, 1.54) is 23.1 Å². The smallest absolute Gasteiger partial charge is 0.249 e. The van der Waals surface area contributed by atoms with Gasteiger partial charge in [-0.3, -0.25) is 9.59 Å². The third-order valence-electron chi connectivity index (χ3n) is 5.70. The fourth-order valence-electron chi connectivity index (χ4n) is 3.85. The Hall–Kier alpha value is -2.18. The zero-order valence-corrected chi connectivity index (χ0v) is 18.5. The molecule has 0 aliphatic carbocycles. The first-order valence-electron chi connectivity index (χ1n) is 10.2. The van der Waals surface area contributed by atoms with Crippen molar-refractivity contribution in [1.29, 1.82) is 0 Å². The second-order valence-corrected chi connectivity index (χ2v) is 8.66. The van der Waals surface area contributed by atoms with E-state index in [4.69, 9.17) is 4.74 Å². The highest BCUT2D eigenvalue weighted by Crippen LogP contribution is 2.38. The quantitative estimate of drug-likeness (QED) is 0.692. The summed E-state index contributed by atoms with van der Waals surface area (Å²) in [6.07, 6.45) is 1.65. The molecule has 0 saturated heterocycles. The molecule has 0 radical (unpaired) electrons. The lowest BCUT2D eigenvalue weighted by atomic mass is 9.92. The predicted molar refractivity (Wildman–Crippen MR) is 116 cm³/mol. The summed E-state index contributed by atoms with van der Waals surface area (Å²) in [6, 6.07) is 10.4. The van der Waals surface area contributed by atoms with E-state index in [9.17, 15) is 9.59 Å². The highest BCUT2D eigenvalue weighted by Gasteiger charge is 2.34. The largest absolute Gasteiger partial charge is 0.375 e. The number of hydrogen-bond donors (Lipinski definition) is 0. The van der Waals surface area contributed by atoms with Crippen molar-refractivity contribution in [1.82, 2.24) is 9.80 Å². The number of aryl methyl sites for hydroxylation is 1. The Morgan fingerprint density at radius 3 is 2.66 bits per heavy atom. The van der Waals surface area contributed by atoms with Crippen LogP contribution in [0.4, 0.5) is 0 Å². The Kier molecular flexibility index (Phi) is 7.09. The first kappa shape index (κ1) is 21.5. The van der Waals surface area contributed by atoms with Gasteiger partial charge in [0.1, 0.15) is 13.2 Å². The summed E-state index contributed by atoms with van der Waals surface area (Å²) < 4.78 is 5.03. The van der Waals surface area contributed by atoms with Gasteiger partial charge in [-0.25, -0.2) is 0 Å². The van der Waals surface area contributed by atoms with E-state index in [1.807, 2.05) is 18.7 Å². The Balaban J connectivity index is 1.89. The number of fused-ring (bicyclic) bond motifs is 1. The average Bonchev–Trinajstić information content (AvgIpc) is 3.20. The Labute approximate surface area is 177 Å². The van der Waals surface area contributed by atoms with Crippen molar-refractivity contribution in [2.24, 2.45) is 0 Å². The first-order chi connectivity index (χ1) is 14.0. The van der Waals surface area contributed by atoms with Crippen LogP contribution >= 0.6 is 11.3 Å². The van der Waals surface area contributed by atoms with Crippen LogP contribution in [0.1, 0.15) is 47.9 Å². The molecule has 29 heavy (non-hydrogen) atoms. The fraction of sp³-hybridized carbons (Fsp3) is 0.478. The summed E-state index contributed by atoms with van der Waals surface area (Å²) in [6.45, 7) is 6.81. The van der Waals surface area contributed by atoms with Gasteiger partial charge in [-0.05, 0) is 49.3 Å². The number of ether oxygens (including phenoxy) is 1. The molecule has 1 aliphatic heterocycles. The molecular weight excluding hydrogens is 384 g/mol. The highest BCUT2D eigenvalue weighted by molar-refractivity contribution is 7.10. The van der Waals surface area contributed by atoms with Crippen LogP contribution in [0.15, 0.2) is 35.7 Å². The lowest BCUT2D eigenvalue weighted by Crippen LogP contribution is -2.49. The van der Waals surface area contributed by atoms with Gasteiger partial charge in [0.15, 0.2) is 0 Å². The van der Waals surface area contributed by atoms with Gasteiger partial charge in [0.25, 0.3) is 0 Å². The minimum Gasteiger partial charge on any atom is -0.375 e. The zero-order chi connectivity index (χ0) is 21.0. The molecule has 0 spiro atoms. The van der Waals surface area contributed by atoms with E-state index < -0.39 is 0 Å². The first-order valence-corrected chi connectivity index (χ1v) is 11.0. The number of hydrogen-bond acceptors (Lipinski definition) is 4. The summed E-state index contributed by atoms with van der Waals surface area (Å²) >= 11 is 1.76. The molecule has 0 saturated carbocycles. The molecule has 2 amide bonds. The molecule has 1 aromatic heterocycles. The minimum atomic E-state index is -0.143. The maximum Gasteiger partial charge on any atom is 0.249 e. The summed E-state index contributed by atoms with van der Waals surface area (Å²) in [4.78, 5) is 30.9. The number of thiophene rings is 1. The number of amides is 2. The molecular formula is C23H30N2O3S. The van der Waals surface area contributed by atoms with E-state index in [0.29, 0.717) is 6.54 Å². The summed E-state index contributed by atoms with van der Waals surface area (Å²) in [7, 11) is 1.50. The SMILES string of the molecule is CC[C@@H](C)N(CC(=O)N1CCc2sccc2[C@H]1c1ccc(C)cc1)C(=O)COC. The molecule has 2 heterocycles. The van der Waals surface area contributed by atoms with Crippen LogP contribution in [-0.2, 0) is 20.7 Å². The lowest BCUT2D eigenvalue weighted by molar-refractivity contribution is -0.145. The molecule has 3 rings (SSSR count). The zero-order valence-electron chi connectivity index (χ0n) is 17.7. The Bertz CT molecular complexity index is 846. The second kappa shape index (κ2) is 9.55. The van der Waals surface area contributed by atoms with Crippen LogP contribution in [0.5, 0.6) is 0 Å². The maximum absolute atomic E-state index is 13.4. The molecule has 1 aromatic carbocycles. The Morgan fingerprint density at radius 2 is 2.00 bits per heavy atom. The average molecular weight is 415 g/mol. The summed E-state index contributed by atoms with van der Waals surface area (Å²) in [5.74, 6) is -0.160. The van der Waals surface area contributed by atoms with Crippen LogP contribution in [-0.4, -0.2) is 54.5 Å². The molecule has 6 heteroatoms. The van der Waals surface area contributed by atoms with Crippen LogP contribution in [0, 0.1) is 6.92 Å². The number of benzene rings is 1. The van der Waals surface area contributed by atoms with Crippen molar-refractivity contribution < 1.29 is 14.3 Å². The molecule has 5 nitrogen and oxygen atoms in total. The summed E-state index contributed by atoms with van der Waals surface area (Å²) in [5, 5.41) is 2.10. The second-order valence-electron chi connectivity index (χ2n) is 7.66. The lowest BCUT2D eigenvalue weighted by Gasteiger charge is -2.38. The van der Waals surface area contributed by atoms with E-state index in [0.717, 1.165) is 18.4 Å². The third-order valence-corrected chi connectivity index (χ3v) is 6.69. The summed E-state index contributed by atoms with van der Waals surface area (Å²) in [5.41, 5.74) is 3.51. The van der Waals surface area contributed by atoms with Crippen molar-refractivity contribution in [2.45, 2.75) is 45.7 Å². The van der Waals surface area contributed by atoms with Gasteiger partial charge in [-0.15, -0.1) is 11.3 Å². The van der Waals surface area contributed by atoms with Gasteiger partial charge in [-0.2, -0.15) is 0 Å². The van der Waals surface area contributed by atoms with Crippen LogP contribution < -0.4 is 0 Å². The van der Waals surface area contributed by atoms with Gasteiger partial charge >= 0.3 is 0 Å². The van der Waals surface area contributed by atoms with Crippen molar-refractivity contribution in [3.05, 3.63) is 57.3 Å². The molecule has 0 bridgehead atoms. The maximum atomic E-state index is 13.4. The Morgan fingerprint density at radius 1 is 1.28 bits per heavy atom. The standard InChI is InChI=1S/C23H30N2O3S/c1-5-17(3)25(22(27)15-28-4)14-21(26)24-12-10-20-19(11-13-29-20)23(24)18-8-6-16(2)7-9-18/h6-9,11,13,17,23H,5,10,12,14-15H2,1-4H3/t17-,23-/m1/s1. The van der Waals surface area contributed by atoms with Crippen molar-refractivity contribution in [3.63, 3.8) is 0 Å². The van der Waals surface area contributed by atoms with Gasteiger partial charge in [0.2, 0.25) is 11.8 Å². The van der Waals surface area contributed by atoms with Crippen LogP contribution in [0.2, 0.25) is 0 Å². The number of methoxy groups -OCH3 is 1. The number of rotatable bonds is 7. The van der Waals surface area contributed by atoms with Crippen molar-refractivity contribution in [2.75, 3.05) is 26.8 Å². The van der Waals surface area contributed by atoms with Crippen molar-refractivity contribution in [3.8, 4) is 0 Å². The molecule has 2 aromatic rings. The monoisotopic (exact) mass is 414 g/mol. The number of carbonyl (C=O) groups is 2. The molecule has 2 atom stereocenters. The third kappa shape index (κ3) is 4.70. The molecule has 1 aliphatic rings. The van der Waals surface area contributed by atoms with E-state index >= 15 is 0 Å². The predicted octanol–water partition coefficient (Wildman–Crippen LogP) is 3.80.